The van der Waals surface area contributed by atoms with Crippen molar-refractivity contribution in [3.63, 3.8) is 0 Å². The summed E-state index contributed by atoms with van der Waals surface area (Å²) in [6.07, 6.45) is 0.834. The maximum atomic E-state index is 12.8. The predicted molar refractivity (Wildman–Crippen MR) is 102 cm³/mol. The zero-order chi connectivity index (χ0) is 18.6. The van der Waals surface area contributed by atoms with Gasteiger partial charge in [-0.2, -0.15) is 0 Å². The van der Waals surface area contributed by atoms with Crippen LogP contribution >= 0.6 is 0 Å². The number of nitrogens with one attached hydrogen (secondary N) is 2. The van der Waals surface area contributed by atoms with Crippen LogP contribution in [0.5, 0.6) is 5.75 Å². The van der Waals surface area contributed by atoms with E-state index in [9.17, 15) is 4.39 Å². The van der Waals surface area contributed by atoms with Gasteiger partial charge >= 0.3 is 0 Å². The molecule has 26 heavy (non-hydrogen) atoms. The van der Waals surface area contributed by atoms with Crippen molar-refractivity contribution < 1.29 is 13.9 Å². The average Bonchev–Trinajstić information content (AvgIpc) is 2.67. The van der Waals surface area contributed by atoms with Gasteiger partial charge in [0.1, 0.15) is 11.6 Å². The van der Waals surface area contributed by atoms with Gasteiger partial charge < -0.3 is 20.1 Å². The van der Waals surface area contributed by atoms with Gasteiger partial charge in [-0.05, 0) is 44.5 Å². The third-order valence-corrected chi connectivity index (χ3v) is 4.22. The second kappa shape index (κ2) is 11.7. The van der Waals surface area contributed by atoms with Crippen LogP contribution in [-0.4, -0.2) is 69.4 Å². The highest BCUT2D eigenvalue weighted by Gasteiger charge is 2.16. The molecule has 0 bridgehead atoms. The van der Waals surface area contributed by atoms with E-state index in [-0.39, 0.29) is 5.82 Å². The van der Waals surface area contributed by atoms with Gasteiger partial charge in [0.25, 0.3) is 0 Å². The quantitative estimate of drug-likeness (QED) is 0.397. The molecule has 2 N–H and O–H groups in total. The van der Waals surface area contributed by atoms with Crippen molar-refractivity contribution in [2.24, 2.45) is 4.99 Å². The molecule has 1 saturated heterocycles. The number of hydrogen-bond acceptors (Lipinski definition) is 4. The summed E-state index contributed by atoms with van der Waals surface area (Å²) in [6.45, 7) is 10.7. The van der Waals surface area contributed by atoms with Gasteiger partial charge in [-0.1, -0.05) is 0 Å². The van der Waals surface area contributed by atoms with Crippen LogP contribution in [0.4, 0.5) is 4.39 Å². The highest BCUT2D eigenvalue weighted by Crippen LogP contribution is 2.11. The van der Waals surface area contributed by atoms with Crippen molar-refractivity contribution >= 4 is 5.96 Å². The molecule has 1 unspecified atom stereocenters. The average molecular weight is 366 g/mol. The molecule has 146 valence electrons. The molecule has 0 aliphatic carbocycles. The van der Waals surface area contributed by atoms with Crippen LogP contribution in [0, 0.1) is 5.82 Å². The van der Waals surface area contributed by atoms with E-state index in [2.05, 4.69) is 34.4 Å². The molecular formula is C19H31FN4O2. The van der Waals surface area contributed by atoms with Crippen LogP contribution in [0.25, 0.3) is 0 Å². The fraction of sp³-hybridized carbons (Fsp3) is 0.632. The largest absolute Gasteiger partial charge is 0.494 e. The van der Waals surface area contributed by atoms with E-state index in [1.165, 1.54) is 12.1 Å². The molecule has 0 radical (unpaired) electrons. The number of guanidine groups is 1. The third-order valence-electron chi connectivity index (χ3n) is 4.22. The van der Waals surface area contributed by atoms with Crippen molar-refractivity contribution in [3.8, 4) is 5.75 Å². The van der Waals surface area contributed by atoms with E-state index in [1.807, 2.05) is 0 Å². The Morgan fingerprint density at radius 1 is 1.27 bits per heavy atom. The Labute approximate surface area is 155 Å². The lowest BCUT2D eigenvalue weighted by Crippen LogP contribution is -2.44. The molecule has 6 nitrogen and oxygen atoms in total. The summed E-state index contributed by atoms with van der Waals surface area (Å²) in [5.74, 6) is 1.26. The Balaban J connectivity index is 1.66. The maximum Gasteiger partial charge on any atom is 0.191 e. The van der Waals surface area contributed by atoms with Gasteiger partial charge in [0, 0.05) is 32.2 Å². The standard InChI is InChI=1S/C19H31FN4O2/c1-3-21-19(23-15-16(2)24-10-13-25-14-11-24)22-9-4-12-26-18-7-5-17(20)6-8-18/h5-8,16H,3-4,9-15H2,1-2H3,(H2,21,22,23). The zero-order valence-electron chi connectivity index (χ0n) is 15.8. The number of morpholine rings is 1. The fourth-order valence-corrected chi connectivity index (χ4v) is 2.70. The van der Waals surface area contributed by atoms with Gasteiger partial charge in [0.2, 0.25) is 0 Å². The van der Waals surface area contributed by atoms with Crippen molar-refractivity contribution in [2.75, 3.05) is 52.5 Å². The lowest BCUT2D eigenvalue weighted by atomic mass is 10.2. The molecule has 1 aromatic carbocycles. The number of ether oxygens (including phenoxy) is 2. The second-order valence-corrected chi connectivity index (χ2v) is 6.30. The topological polar surface area (TPSA) is 58.1 Å². The number of benzene rings is 1. The monoisotopic (exact) mass is 366 g/mol. The SMILES string of the molecule is CCNC(=NCC(C)N1CCOCC1)NCCCOc1ccc(F)cc1. The van der Waals surface area contributed by atoms with Gasteiger partial charge in [0.15, 0.2) is 5.96 Å². The van der Waals surface area contributed by atoms with E-state index in [0.717, 1.165) is 58.3 Å². The summed E-state index contributed by atoms with van der Waals surface area (Å²) in [4.78, 5) is 7.09. The Bertz CT molecular complexity index is 533. The molecule has 1 atom stereocenters. The van der Waals surface area contributed by atoms with E-state index >= 15 is 0 Å². The second-order valence-electron chi connectivity index (χ2n) is 6.30. The number of hydrogen-bond donors (Lipinski definition) is 2. The van der Waals surface area contributed by atoms with Crippen LogP contribution < -0.4 is 15.4 Å². The fourth-order valence-electron chi connectivity index (χ4n) is 2.70. The molecule has 0 spiro atoms. The predicted octanol–water partition coefficient (Wildman–Crippen LogP) is 1.87. The van der Waals surface area contributed by atoms with Crippen molar-refractivity contribution in [1.29, 1.82) is 0 Å². The van der Waals surface area contributed by atoms with Crippen LogP contribution in [0.1, 0.15) is 20.3 Å². The Kier molecular flexibility index (Phi) is 9.20. The number of aliphatic imine (C=N–C) groups is 1. The summed E-state index contributed by atoms with van der Waals surface area (Å²) in [7, 11) is 0. The summed E-state index contributed by atoms with van der Waals surface area (Å²) in [5, 5.41) is 6.60. The lowest BCUT2D eigenvalue weighted by molar-refractivity contribution is 0.0220. The number of nitrogens with zero attached hydrogens (tertiary/aromatic N) is 2. The molecule has 0 saturated carbocycles. The van der Waals surface area contributed by atoms with E-state index in [0.29, 0.717) is 18.4 Å². The van der Waals surface area contributed by atoms with Crippen molar-refractivity contribution in [3.05, 3.63) is 30.1 Å². The molecular weight excluding hydrogens is 335 g/mol. The highest BCUT2D eigenvalue weighted by molar-refractivity contribution is 5.79. The minimum absolute atomic E-state index is 0.253. The Morgan fingerprint density at radius 3 is 2.69 bits per heavy atom. The first-order valence-corrected chi connectivity index (χ1v) is 9.41. The Hall–Kier alpha value is -1.86. The first-order valence-electron chi connectivity index (χ1n) is 9.41. The van der Waals surface area contributed by atoms with E-state index in [4.69, 9.17) is 9.47 Å². The molecule has 0 aromatic heterocycles. The summed E-state index contributed by atoms with van der Waals surface area (Å²) in [6, 6.07) is 6.48. The molecule has 1 heterocycles. The van der Waals surface area contributed by atoms with Crippen LogP contribution in [-0.2, 0) is 4.74 Å². The van der Waals surface area contributed by atoms with Gasteiger partial charge in [-0.15, -0.1) is 0 Å². The normalized spacial score (nSPS) is 17.0. The van der Waals surface area contributed by atoms with E-state index < -0.39 is 0 Å². The number of halogens is 1. The maximum absolute atomic E-state index is 12.8. The molecule has 1 aromatic rings. The minimum Gasteiger partial charge on any atom is -0.494 e. The molecule has 1 fully saturated rings. The smallest absolute Gasteiger partial charge is 0.191 e. The highest BCUT2D eigenvalue weighted by atomic mass is 19.1. The van der Waals surface area contributed by atoms with Crippen LogP contribution in [0.3, 0.4) is 0 Å². The molecule has 0 amide bonds. The van der Waals surface area contributed by atoms with Crippen LogP contribution in [0.15, 0.2) is 29.3 Å². The first-order chi connectivity index (χ1) is 12.7. The first kappa shape index (κ1) is 20.5. The van der Waals surface area contributed by atoms with E-state index in [1.54, 1.807) is 12.1 Å². The van der Waals surface area contributed by atoms with Gasteiger partial charge in [-0.25, -0.2) is 4.39 Å². The summed E-state index contributed by atoms with van der Waals surface area (Å²) >= 11 is 0. The lowest BCUT2D eigenvalue weighted by Gasteiger charge is -2.31. The van der Waals surface area contributed by atoms with Gasteiger partial charge in [-0.3, -0.25) is 9.89 Å². The minimum atomic E-state index is -0.253. The summed E-state index contributed by atoms with van der Waals surface area (Å²) < 4.78 is 23.8. The molecule has 7 heteroatoms. The zero-order valence-corrected chi connectivity index (χ0v) is 15.8. The van der Waals surface area contributed by atoms with Crippen molar-refractivity contribution in [2.45, 2.75) is 26.3 Å². The van der Waals surface area contributed by atoms with Crippen LogP contribution in [0.2, 0.25) is 0 Å². The van der Waals surface area contributed by atoms with Crippen molar-refractivity contribution in [1.82, 2.24) is 15.5 Å². The Morgan fingerprint density at radius 2 is 2.00 bits per heavy atom. The summed E-state index contributed by atoms with van der Waals surface area (Å²) in [5.41, 5.74) is 0. The third kappa shape index (κ3) is 7.58. The number of rotatable bonds is 9. The molecule has 1 aliphatic heterocycles. The molecule has 2 rings (SSSR count). The molecule has 1 aliphatic rings. The van der Waals surface area contributed by atoms with Gasteiger partial charge in [0.05, 0.1) is 26.4 Å².